The van der Waals surface area contributed by atoms with Gasteiger partial charge in [0.05, 0.1) is 12.6 Å². The molecule has 1 heterocycles. The van der Waals surface area contributed by atoms with Gasteiger partial charge < -0.3 is 4.74 Å². The van der Waals surface area contributed by atoms with Crippen LogP contribution in [0.3, 0.4) is 0 Å². The third-order valence-corrected chi connectivity index (χ3v) is 3.07. The predicted octanol–water partition coefficient (Wildman–Crippen LogP) is 2.06. The molecule has 1 aliphatic heterocycles. The number of ether oxygens (including phenoxy) is 1. The van der Waals surface area contributed by atoms with Crippen LogP contribution < -0.4 is 11.3 Å². The van der Waals surface area contributed by atoms with E-state index in [1.165, 1.54) is 11.1 Å². The molecule has 1 atom stereocenters. The van der Waals surface area contributed by atoms with Crippen molar-refractivity contribution in [2.45, 2.75) is 32.2 Å². The summed E-state index contributed by atoms with van der Waals surface area (Å²) in [6, 6.07) is 8.61. The average Bonchev–Trinajstić information content (AvgIpc) is 2.39. The van der Waals surface area contributed by atoms with Crippen molar-refractivity contribution in [3.63, 3.8) is 0 Å². The zero-order chi connectivity index (χ0) is 12.1. The second-order valence-corrected chi connectivity index (χ2v) is 4.51. The van der Waals surface area contributed by atoms with Crippen molar-refractivity contribution in [1.82, 2.24) is 5.43 Å². The Morgan fingerprint density at radius 3 is 2.71 bits per heavy atom. The maximum Gasteiger partial charge on any atom is 0.111 e. The van der Waals surface area contributed by atoms with E-state index in [9.17, 15) is 0 Å². The molecule has 0 saturated heterocycles. The number of benzene rings is 1. The van der Waals surface area contributed by atoms with Crippen molar-refractivity contribution in [3.8, 4) is 0 Å². The van der Waals surface area contributed by atoms with Gasteiger partial charge in [-0.15, -0.1) is 0 Å². The van der Waals surface area contributed by atoms with E-state index in [-0.39, 0.29) is 6.04 Å². The molecule has 1 aromatic rings. The summed E-state index contributed by atoms with van der Waals surface area (Å²) in [4.78, 5) is 0. The normalized spacial score (nSPS) is 17.2. The molecule has 3 N–H and O–H groups in total. The highest BCUT2D eigenvalue weighted by Gasteiger charge is 2.16. The zero-order valence-electron chi connectivity index (χ0n) is 10.3. The van der Waals surface area contributed by atoms with E-state index < -0.39 is 0 Å². The molecule has 0 bridgehead atoms. The van der Waals surface area contributed by atoms with Gasteiger partial charge >= 0.3 is 0 Å². The summed E-state index contributed by atoms with van der Waals surface area (Å²) >= 11 is 0. The molecule has 92 valence electrons. The molecule has 2 rings (SSSR count). The summed E-state index contributed by atoms with van der Waals surface area (Å²) < 4.78 is 5.65. The maximum atomic E-state index is 5.65. The molecule has 3 nitrogen and oxygen atoms in total. The van der Waals surface area contributed by atoms with Gasteiger partial charge in [-0.25, -0.2) is 5.43 Å². The molecule has 0 aromatic heterocycles. The topological polar surface area (TPSA) is 47.3 Å². The summed E-state index contributed by atoms with van der Waals surface area (Å²) in [6.07, 6.45) is 5.19. The van der Waals surface area contributed by atoms with Gasteiger partial charge in [-0.05, 0) is 37.8 Å². The van der Waals surface area contributed by atoms with E-state index in [0.29, 0.717) is 0 Å². The standard InChI is InChI=1S/C14H20N2O/c1-11-5-7-12(8-6-11)10-13(16-15)14-4-2-3-9-17-14/h4-8,13,16H,2-3,9-10,15H2,1H3. The van der Waals surface area contributed by atoms with Crippen molar-refractivity contribution in [1.29, 1.82) is 0 Å². The second-order valence-electron chi connectivity index (χ2n) is 4.51. The second kappa shape index (κ2) is 5.84. The van der Waals surface area contributed by atoms with Crippen LogP contribution in [0.1, 0.15) is 24.0 Å². The van der Waals surface area contributed by atoms with Crippen LogP contribution in [-0.4, -0.2) is 12.6 Å². The minimum atomic E-state index is 0.0815. The number of rotatable bonds is 4. The molecule has 0 amide bonds. The Morgan fingerprint density at radius 2 is 2.12 bits per heavy atom. The number of hydrogen-bond donors (Lipinski definition) is 2. The van der Waals surface area contributed by atoms with Crippen LogP contribution in [0.2, 0.25) is 0 Å². The Balaban J connectivity index is 2.04. The smallest absolute Gasteiger partial charge is 0.111 e. The minimum Gasteiger partial charge on any atom is -0.497 e. The number of allylic oxidation sites excluding steroid dienone is 1. The number of nitrogens with one attached hydrogen (secondary N) is 1. The molecule has 0 fully saturated rings. The fraction of sp³-hybridized carbons (Fsp3) is 0.429. The summed E-state index contributed by atoms with van der Waals surface area (Å²) in [7, 11) is 0. The Morgan fingerprint density at radius 1 is 1.35 bits per heavy atom. The highest BCUT2D eigenvalue weighted by atomic mass is 16.5. The molecular formula is C14H20N2O. The van der Waals surface area contributed by atoms with Crippen molar-refractivity contribution < 1.29 is 4.74 Å². The van der Waals surface area contributed by atoms with Crippen LogP contribution in [0.5, 0.6) is 0 Å². The van der Waals surface area contributed by atoms with Crippen LogP contribution in [0.15, 0.2) is 36.1 Å². The highest BCUT2D eigenvalue weighted by molar-refractivity contribution is 5.23. The Kier molecular flexibility index (Phi) is 4.18. The first-order valence-electron chi connectivity index (χ1n) is 6.14. The van der Waals surface area contributed by atoms with Crippen LogP contribution in [0, 0.1) is 6.92 Å². The Bertz CT molecular complexity index is 384. The van der Waals surface area contributed by atoms with Crippen molar-refractivity contribution in [2.24, 2.45) is 5.84 Å². The van der Waals surface area contributed by atoms with Crippen molar-refractivity contribution in [3.05, 3.63) is 47.2 Å². The van der Waals surface area contributed by atoms with E-state index in [0.717, 1.165) is 31.6 Å². The molecule has 0 aliphatic carbocycles. The quantitative estimate of drug-likeness (QED) is 0.617. The van der Waals surface area contributed by atoms with E-state index in [2.05, 4.69) is 42.7 Å². The van der Waals surface area contributed by atoms with Crippen molar-refractivity contribution >= 4 is 0 Å². The lowest BCUT2D eigenvalue weighted by Gasteiger charge is -2.23. The van der Waals surface area contributed by atoms with Gasteiger partial charge in [-0.1, -0.05) is 29.8 Å². The summed E-state index contributed by atoms with van der Waals surface area (Å²) in [6.45, 7) is 2.90. The van der Waals surface area contributed by atoms with Gasteiger partial charge in [0, 0.05) is 0 Å². The predicted molar refractivity (Wildman–Crippen MR) is 69.3 cm³/mol. The first kappa shape index (κ1) is 12.1. The number of nitrogens with two attached hydrogens (primary N) is 1. The first-order chi connectivity index (χ1) is 8.29. The first-order valence-corrected chi connectivity index (χ1v) is 6.14. The van der Waals surface area contributed by atoms with Gasteiger partial charge in [0.15, 0.2) is 0 Å². The monoisotopic (exact) mass is 232 g/mol. The van der Waals surface area contributed by atoms with Gasteiger partial charge in [-0.3, -0.25) is 5.84 Å². The van der Waals surface area contributed by atoms with E-state index in [1.807, 2.05) is 0 Å². The van der Waals surface area contributed by atoms with Crippen LogP contribution >= 0.6 is 0 Å². The SMILES string of the molecule is Cc1ccc(CC(NN)C2=CCCCO2)cc1. The van der Waals surface area contributed by atoms with Crippen LogP contribution in [-0.2, 0) is 11.2 Å². The lowest BCUT2D eigenvalue weighted by atomic mass is 10.0. The van der Waals surface area contributed by atoms with Gasteiger partial charge in [0.25, 0.3) is 0 Å². The highest BCUT2D eigenvalue weighted by Crippen LogP contribution is 2.17. The molecule has 1 aromatic carbocycles. The van der Waals surface area contributed by atoms with E-state index in [4.69, 9.17) is 10.6 Å². The molecule has 0 spiro atoms. The molecule has 1 aliphatic rings. The van der Waals surface area contributed by atoms with Gasteiger partial charge in [0.1, 0.15) is 5.76 Å². The number of hydrazine groups is 1. The zero-order valence-corrected chi connectivity index (χ0v) is 10.3. The lowest BCUT2D eigenvalue weighted by Crippen LogP contribution is -2.39. The molecule has 3 heteroatoms. The minimum absolute atomic E-state index is 0.0815. The van der Waals surface area contributed by atoms with E-state index >= 15 is 0 Å². The van der Waals surface area contributed by atoms with Crippen molar-refractivity contribution in [2.75, 3.05) is 6.61 Å². The van der Waals surface area contributed by atoms with Gasteiger partial charge in [0.2, 0.25) is 0 Å². The number of hydrogen-bond acceptors (Lipinski definition) is 3. The molecule has 0 saturated carbocycles. The Labute approximate surface area is 103 Å². The Hall–Kier alpha value is -1.32. The summed E-state index contributed by atoms with van der Waals surface area (Å²) in [5.41, 5.74) is 5.39. The largest absolute Gasteiger partial charge is 0.497 e. The molecular weight excluding hydrogens is 212 g/mol. The number of aryl methyl sites for hydroxylation is 1. The third-order valence-electron chi connectivity index (χ3n) is 3.07. The fourth-order valence-corrected chi connectivity index (χ4v) is 2.02. The van der Waals surface area contributed by atoms with Crippen LogP contribution in [0.4, 0.5) is 0 Å². The average molecular weight is 232 g/mol. The lowest BCUT2D eigenvalue weighted by molar-refractivity contribution is 0.167. The van der Waals surface area contributed by atoms with Crippen LogP contribution in [0.25, 0.3) is 0 Å². The van der Waals surface area contributed by atoms with E-state index in [1.54, 1.807) is 0 Å². The summed E-state index contributed by atoms with van der Waals surface area (Å²) in [5.74, 6) is 6.60. The molecule has 1 unspecified atom stereocenters. The molecule has 17 heavy (non-hydrogen) atoms. The van der Waals surface area contributed by atoms with Gasteiger partial charge in [-0.2, -0.15) is 0 Å². The summed E-state index contributed by atoms with van der Waals surface area (Å²) in [5, 5.41) is 0. The fourth-order valence-electron chi connectivity index (χ4n) is 2.02. The molecule has 0 radical (unpaired) electrons. The third kappa shape index (κ3) is 3.32. The maximum absolute atomic E-state index is 5.65.